The third-order valence-corrected chi connectivity index (χ3v) is 4.22. The molecule has 30 heavy (non-hydrogen) atoms. The summed E-state index contributed by atoms with van der Waals surface area (Å²) in [5.74, 6) is 3.47. The van der Waals surface area contributed by atoms with E-state index in [2.05, 4.69) is 22.6 Å². The van der Waals surface area contributed by atoms with E-state index < -0.39 is 11.2 Å². The first kappa shape index (κ1) is 20.7. The molecule has 0 aliphatic carbocycles. The third-order valence-electron chi connectivity index (χ3n) is 4.22. The Kier molecular flexibility index (Phi) is 6.50. The molecule has 7 heteroatoms. The van der Waals surface area contributed by atoms with Gasteiger partial charge in [-0.25, -0.2) is 4.79 Å². The van der Waals surface area contributed by atoms with Crippen molar-refractivity contribution in [3.05, 3.63) is 81.0 Å². The molecule has 0 amide bonds. The summed E-state index contributed by atoms with van der Waals surface area (Å²) in [5, 5.41) is 4.47. The van der Waals surface area contributed by atoms with Crippen molar-refractivity contribution in [3.63, 3.8) is 0 Å². The van der Waals surface area contributed by atoms with Crippen molar-refractivity contribution in [1.29, 1.82) is 0 Å². The number of terminal acetylenes is 1. The van der Waals surface area contributed by atoms with Crippen molar-refractivity contribution in [2.75, 3.05) is 13.2 Å². The highest BCUT2D eigenvalue weighted by Gasteiger charge is 2.13. The van der Waals surface area contributed by atoms with Gasteiger partial charge in [0.1, 0.15) is 6.61 Å². The molecule has 2 aromatic carbocycles. The van der Waals surface area contributed by atoms with Crippen LogP contribution in [0.3, 0.4) is 0 Å². The van der Waals surface area contributed by atoms with E-state index in [-0.39, 0.29) is 6.61 Å². The number of benzene rings is 2. The molecule has 1 aromatic heterocycles. The number of para-hydroxylation sites is 1. The first-order valence-electron chi connectivity index (χ1n) is 9.34. The molecule has 3 rings (SSSR count). The molecule has 0 aliphatic rings. The number of nitrogens with one attached hydrogen (secondary N) is 1. The number of hydrogen-bond donors (Lipinski definition) is 1. The number of aromatic nitrogens is 2. The Labute approximate surface area is 173 Å². The van der Waals surface area contributed by atoms with Crippen LogP contribution in [0.1, 0.15) is 18.1 Å². The fourth-order valence-corrected chi connectivity index (χ4v) is 2.99. The smallest absolute Gasteiger partial charge is 0.349 e. The lowest BCUT2D eigenvalue weighted by molar-refractivity contribution is 0.297. The molecule has 0 fully saturated rings. The van der Waals surface area contributed by atoms with Crippen LogP contribution in [0.2, 0.25) is 0 Å². The zero-order valence-electron chi connectivity index (χ0n) is 16.6. The maximum absolute atomic E-state index is 12.6. The van der Waals surface area contributed by atoms with Gasteiger partial charge in [-0.3, -0.25) is 4.79 Å². The molecule has 0 radical (unpaired) electrons. The van der Waals surface area contributed by atoms with E-state index in [9.17, 15) is 9.59 Å². The second kappa shape index (κ2) is 9.43. The number of fused-ring (bicyclic) bond motifs is 1. The standard InChI is InChI=1S/C23H21N3O4/c1-4-9-17-13-16(14-20(29-6-3)21(17)30-12-5-2)15-24-26-22(27)18-10-7-8-11-19(18)25-23(26)28/h2,4,7-8,10-11,13-15H,1,6,9,12H2,3H3,(H,25,28). The number of nitrogens with zero attached hydrogens (tertiary/aromatic N) is 2. The molecule has 0 saturated carbocycles. The summed E-state index contributed by atoms with van der Waals surface area (Å²) in [6, 6.07) is 10.3. The van der Waals surface area contributed by atoms with E-state index in [1.807, 2.05) is 13.0 Å². The van der Waals surface area contributed by atoms with E-state index in [1.165, 1.54) is 6.21 Å². The van der Waals surface area contributed by atoms with Crippen LogP contribution in [0.5, 0.6) is 11.5 Å². The van der Waals surface area contributed by atoms with Crippen molar-refractivity contribution in [2.24, 2.45) is 5.10 Å². The maximum Gasteiger partial charge on any atom is 0.349 e. The average Bonchev–Trinajstić information content (AvgIpc) is 2.73. The quantitative estimate of drug-likeness (QED) is 0.356. The molecule has 0 unspecified atom stereocenters. The summed E-state index contributed by atoms with van der Waals surface area (Å²) in [4.78, 5) is 27.6. The third kappa shape index (κ3) is 4.33. The van der Waals surface area contributed by atoms with Crippen LogP contribution >= 0.6 is 0 Å². The zero-order chi connectivity index (χ0) is 21.5. The summed E-state index contributed by atoms with van der Waals surface area (Å²) >= 11 is 0. The summed E-state index contributed by atoms with van der Waals surface area (Å²) in [5.41, 5.74) is 0.757. The molecule has 1 N–H and O–H groups in total. The summed E-state index contributed by atoms with van der Waals surface area (Å²) in [6.45, 7) is 6.14. The fraction of sp³-hybridized carbons (Fsp3) is 0.174. The van der Waals surface area contributed by atoms with Gasteiger partial charge in [-0.2, -0.15) is 5.10 Å². The lowest BCUT2D eigenvalue weighted by Gasteiger charge is -2.15. The number of ether oxygens (including phenoxy) is 2. The Morgan fingerprint density at radius 2 is 2.07 bits per heavy atom. The van der Waals surface area contributed by atoms with Crippen LogP contribution < -0.4 is 20.7 Å². The molecule has 0 atom stereocenters. The molecule has 0 spiro atoms. The number of H-pyrrole nitrogens is 1. The van der Waals surface area contributed by atoms with Crippen molar-refractivity contribution >= 4 is 17.1 Å². The minimum atomic E-state index is -0.625. The second-order valence-corrected chi connectivity index (χ2v) is 6.26. The molecule has 0 bridgehead atoms. The van der Waals surface area contributed by atoms with E-state index in [0.717, 1.165) is 10.2 Å². The summed E-state index contributed by atoms with van der Waals surface area (Å²) < 4.78 is 12.1. The zero-order valence-corrected chi connectivity index (χ0v) is 16.6. The van der Waals surface area contributed by atoms with Gasteiger partial charge >= 0.3 is 5.69 Å². The van der Waals surface area contributed by atoms with Gasteiger partial charge in [0.2, 0.25) is 0 Å². The Morgan fingerprint density at radius 3 is 2.80 bits per heavy atom. The van der Waals surface area contributed by atoms with Gasteiger partial charge in [0.15, 0.2) is 11.5 Å². The van der Waals surface area contributed by atoms with Gasteiger partial charge in [0, 0.05) is 5.56 Å². The van der Waals surface area contributed by atoms with Crippen molar-refractivity contribution in [2.45, 2.75) is 13.3 Å². The second-order valence-electron chi connectivity index (χ2n) is 6.26. The van der Waals surface area contributed by atoms with E-state index >= 15 is 0 Å². The first-order valence-corrected chi connectivity index (χ1v) is 9.34. The Hall–Kier alpha value is -4.05. The largest absolute Gasteiger partial charge is 0.490 e. The number of rotatable bonds is 8. The van der Waals surface area contributed by atoms with E-state index in [1.54, 1.807) is 36.4 Å². The Balaban J connectivity index is 2.08. The van der Waals surface area contributed by atoms with Gasteiger partial charge in [-0.15, -0.1) is 17.7 Å². The van der Waals surface area contributed by atoms with Crippen LogP contribution in [-0.4, -0.2) is 29.1 Å². The highest BCUT2D eigenvalue weighted by atomic mass is 16.5. The van der Waals surface area contributed by atoms with Crippen LogP contribution in [0.4, 0.5) is 0 Å². The monoisotopic (exact) mass is 403 g/mol. The molecule has 152 valence electrons. The molecule has 3 aromatic rings. The summed E-state index contributed by atoms with van der Waals surface area (Å²) in [6.07, 6.45) is 8.98. The molecular formula is C23H21N3O4. The Bertz CT molecular complexity index is 1260. The van der Waals surface area contributed by atoms with Gasteiger partial charge in [-0.1, -0.05) is 24.1 Å². The highest BCUT2D eigenvalue weighted by molar-refractivity contribution is 5.82. The van der Waals surface area contributed by atoms with E-state index in [4.69, 9.17) is 15.9 Å². The average molecular weight is 403 g/mol. The van der Waals surface area contributed by atoms with Crippen molar-refractivity contribution in [3.8, 4) is 23.8 Å². The predicted octanol–water partition coefficient (Wildman–Crippen LogP) is 2.71. The molecule has 0 saturated heterocycles. The Morgan fingerprint density at radius 1 is 1.27 bits per heavy atom. The molecule has 7 nitrogen and oxygen atoms in total. The maximum atomic E-state index is 12.6. The molecule has 0 aliphatic heterocycles. The minimum Gasteiger partial charge on any atom is -0.490 e. The van der Waals surface area contributed by atoms with Gasteiger partial charge in [-0.05, 0) is 43.2 Å². The highest BCUT2D eigenvalue weighted by Crippen LogP contribution is 2.33. The number of hydrogen-bond acceptors (Lipinski definition) is 5. The number of allylic oxidation sites excluding steroid dienone is 1. The summed E-state index contributed by atoms with van der Waals surface area (Å²) in [7, 11) is 0. The topological polar surface area (TPSA) is 85.7 Å². The lowest BCUT2D eigenvalue weighted by Crippen LogP contribution is -2.32. The van der Waals surface area contributed by atoms with Crippen LogP contribution in [-0.2, 0) is 6.42 Å². The van der Waals surface area contributed by atoms with E-state index in [0.29, 0.717) is 41.0 Å². The normalized spacial score (nSPS) is 10.8. The predicted molar refractivity (Wildman–Crippen MR) is 118 cm³/mol. The van der Waals surface area contributed by atoms with Crippen LogP contribution in [0, 0.1) is 12.3 Å². The SMILES string of the molecule is C#CCOc1c(CC=C)cc(C=Nn2c(=O)[nH]c3ccccc3c2=O)cc1OCC. The van der Waals surface area contributed by atoms with Gasteiger partial charge in [0.05, 0.1) is 23.7 Å². The lowest BCUT2D eigenvalue weighted by atomic mass is 10.1. The first-order chi connectivity index (χ1) is 14.6. The van der Waals surface area contributed by atoms with Crippen LogP contribution in [0.15, 0.2) is 63.7 Å². The molecule has 1 heterocycles. The fourth-order valence-electron chi connectivity index (χ4n) is 2.99. The van der Waals surface area contributed by atoms with Crippen molar-refractivity contribution < 1.29 is 9.47 Å². The van der Waals surface area contributed by atoms with Crippen LogP contribution in [0.25, 0.3) is 10.9 Å². The molecular weight excluding hydrogens is 382 g/mol. The van der Waals surface area contributed by atoms with Gasteiger partial charge < -0.3 is 14.5 Å². The minimum absolute atomic E-state index is 0.0967. The van der Waals surface area contributed by atoms with Gasteiger partial charge in [0.25, 0.3) is 5.56 Å². The number of aromatic amines is 1. The van der Waals surface area contributed by atoms with Crippen molar-refractivity contribution in [1.82, 2.24) is 9.66 Å².